The van der Waals surface area contributed by atoms with Crippen LogP contribution in [0.15, 0.2) is 84.9 Å². The van der Waals surface area contributed by atoms with E-state index in [0.29, 0.717) is 31.7 Å². The fourth-order valence-corrected chi connectivity index (χ4v) is 3.95. The number of rotatable bonds is 15. The van der Waals surface area contributed by atoms with E-state index in [2.05, 4.69) is 5.32 Å². The van der Waals surface area contributed by atoms with Crippen LogP contribution in [0.25, 0.3) is 0 Å². The number of amides is 2. The molecule has 3 aromatic carbocycles. The van der Waals surface area contributed by atoms with Crippen LogP contribution in [-0.4, -0.2) is 55.7 Å². The first-order valence-electron chi connectivity index (χ1n) is 13.0. The summed E-state index contributed by atoms with van der Waals surface area (Å²) in [6.45, 7) is 5.05. The predicted molar refractivity (Wildman–Crippen MR) is 148 cm³/mol. The number of hydrogen-bond acceptors (Lipinski definition) is 5. The summed E-state index contributed by atoms with van der Waals surface area (Å²) in [5.74, 6) is 0.838. The van der Waals surface area contributed by atoms with E-state index in [0.717, 1.165) is 16.9 Å². The Bertz CT molecular complexity index is 1100. The maximum absolute atomic E-state index is 13.6. The summed E-state index contributed by atoms with van der Waals surface area (Å²) in [5.41, 5.74) is 1.85. The topological polar surface area (TPSA) is 77.1 Å². The van der Waals surface area contributed by atoms with E-state index in [4.69, 9.17) is 14.2 Å². The van der Waals surface area contributed by atoms with Gasteiger partial charge in [-0.05, 0) is 55.7 Å². The van der Waals surface area contributed by atoms with Crippen molar-refractivity contribution >= 4 is 11.8 Å². The van der Waals surface area contributed by atoms with Crippen LogP contribution in [0.4, 0.5) is 0 Å². The van der Waals surface area contributed by atoms with Crippen LogP contribution in [0.2, 0.25) is 0 Å². The molecule has 0 saturated heterocycles. The lowest BCUT2D eigenvalue weighted by Gasteiger charge is -2.31. The van der Waals surface area contributed by atoms with Gasteiger partial charge in [-0.3, -0.25) is 9.59 Å². The van der Waals surface area contributed by atoms with Gasteiger partial charge in [0.05, 0.1) is 13.2 Å². The number of hydrogen-bond donors (Lipinski definition) is 1. The third-order valence-electron chi connectivity index (χ3n) is 5.96. The summed E-state index contributed by atoms with van der Waals surface area (Å²) >= 11 is 0. The minimum atomic E-state index is -0.725. The minimum absolute atomic E-state index is 0.138. The average Bonchev–Trinajstić information content (AvgIpc) is 2.94. The Labute approximate surface area is 225 Å². The molecule has 0 radical (unpaired) electrons. The number of carbonyl (C=O) groups excluding carboxylic acids is 2. The molecule has 1 atom stereocenters. The number of ether oxygens (including phenoxy) is 3. The molecule has 0 heterocycles. The molecule has 202 valence electrons. The van der Waals surface area contributed by atoms with Gasteiger partial charge in [-0.25, -0.2) is 0 Å². The Morgan fingerprint density at radius 1 is 0.842 bits per heavy atom. The van der Waals surface area contributed by atoms with Gasteiger partial charge in [0.1, 0.15) is 17.5 Å². The van der Waals surface area contributed by atoms with Gasteiger partial charge < -0.3 is 24.4 Å². The molecule has 0 aromatic heterocycles. The zero-order chi connectivity index (χ0) is 27.2. The molecule has 0 aliphatic carbocycles. The average molecular weight is 519 g/mol. The van der Waals surface area contributed by atoms with Crippen molar-refractivity contribution in [3.8, 4) is 11.5 Å². The SMILES string of the molecule is COc1ccc(CN(C(=O)COc2ccccc2)[C@H](Cc2ccccc2)C(=O)NCCCOC(C)C)cc1. The third kappa shape index (κ3) is 9.56. The molecule has 0 bridgehead atoms. The Kier molecular flexibility index (Phi) is 11.7. The van der Waals surface area contributed by atoms with E-state index in [1.807, 2.05) is 86.6 Å². The van der Waals surface area contributed by atoms with Gasteiger partial charge in [-0.2, -0.15) is 0 Å². The minimum Gasteiger partial charge on any atom is -0.497 e. The van der Waals surface area contributed by atoms with Crippen LogP contribution in [0.1, 0.15) is 31.4 Å². The molecule has 7 heteroatoms. The van der Waals surface area contributed by atoms with Crippen molar-refractivity contribution in [2.75, 3.05) is 26.9 Å². The highest BCUT2D eigenvalue weighted by Crippen LogP contribution is 2.18. The monoisotopic (exact) mass is 518 g/mol. The molecular formula is C31H38N2O5. The Morgan fingerprint density at radius 3 is 2.13 bits per heavy atom. The molecule has 3 rings (SSSR count). The van der Waals surface area contributed by atoms with E-state index in [-0.39, 0.29) is 31.1 Å². The number of methoxy groups -OCH3 is 1. The molecule has 3 aromatic rings. The van der Waals surface area contributed by atoms with Crippen molar-refractivity contribution in [3.05, 3.63) is 96.1 Å². The van der Waals surface area contributed by atoms with Gasteiger partial charge in [0.15, 0.2) is 6.61 Å². The summed E-state index contributed by atoms with van der Waals surface area (Å²) in [7, 11) is 1.61. The maximum atomic E-state index is 13.6. The van der Waals surface area contributed by atoms with Crippen molar-refractivity contribution in [2.45, 2.75) is 45.4 Å². The molecule has 38 heavy (non-hydrogen) atoms. The molecular weight excluding hydrogens is 480 g/mol. The molecule has 0 fully saturated rings. The van der Waals surface area contributed by atoms with Crippen LogP contribution in [0.3, 0.4) is 0 Å². The van der Waals surface area contributed by atoms with E-state index in [1.165, 1.54) is 0 Å². The van der Waals surface area contributed by atoms with Crippen molar-refractivity contribution in [3.63, 3.8) is 0 Å². The van der Waals surface area contributed by atoms with Crippen molar-refractivity contribution in [1.82, 2.24) is 10.2 Å². The molecule has 0 aliphatic heterocycles. The third-order valence-corrected chi connectivity index (χ3v) is 5.96. The molecule has 1 N–H and O–H groups in total. The zero-order valence-electron chi connectivity index (χ0n) is 22.5. The lowest BCUT2D eigenvalue weighted by atomic mass is 10.0. The van der Waals surface area contributed by atoms with Crippen LogP contribution >= 0.6 is 0 Å². The van der Waals surface area contributed by atoms with Crippen LogP contribution in [0, 0.1) is 0 Å². The smallest absolute Gasteiger partial charge is 0.261 e. The van der Waals surface area contributed by atoms with Gasteiger partial charge in [0, 0.05) is 26.1 Å². The van der Waals surface area contributed by atoms with Crippen LogP contribution < -0.4 is 14.8 Å². The van der Waals surface area contributed by atoms with E-state index in [1.54, 1.807) is 24.1 Å². The first-order valence-corrected chi connectivity index (χ1v) is 13.0. The van der Waals surface area contributed by atoms with Gasteiger partial charge in [-0.15, -0.1) is 0 Å². The van der Waals surface area contributed by atoms with Gasteiger partial charge in [0.2, 0.25) is 5.91 Å². The number of para-hydroxylation sites is 1. The Balaban J connectivity index is 1.82. The Morgan fingerprint density at radius 2 is 1.50 bits per heavy atom. The first-order chi connectivity index (χ1) is 18.5. The van der Waals surface area contributed by atoms with E-state index < -0.39 is 6.04 Å². The lowest BCUT2D eigenvalue weighted by molar-refractivity contribution is -0.142. The second-order valence-electron chi connectivity index (χ2n) is 9.24. The largest absolute Gasteiger partial charge is 0.497 e. The fraction of sp³-hybridized carbons (Fsp3) is 0.355. The summed E-state index contributed by atoms with van der Waals surface area (Å²) in [6, 6.07) is 25.7. The van der Waals surface area contributed by atoms with Crippen molar-refractivity contribution in [2.24, 2.45) is 0 Å². The summed E-state index contributed by atoms with van der Waals surface area (Å²) in [4.78, 5) is 28.8. The summed E-state index contributed by atoms with van der Waals surface area (Å²) in [6.07, 6.45) is 1.20. The second kappa shape index (κ2) is 15.4. The molecule has 2 amide bonds. The predicted octanol–water partition coefficient (Wildman–Crippen LogP) is 4.65. The lowest BCUT2D eigenvalue weighted by Crippen LogP contribution is -2.52. The maximum Gasteiger partial charge on any atom is 0.261 e. The van der Waals surface area contributed by atoms with Gasteiger partial charge in [0.25, 0.3) is 5.91 Å². The molecule has 0 unspecified atom stereocenters. The standard InChI is InChI=1S/C31H38N2O5/c1-24(2)37-20-10-19-32-31(35)29(21-25-11-6-4-7-12-25)33(22-26-15-17-27(36-3)18-16-26)30(34)23-38-28-13-8-5-9-14-28/h4-9,11-18,24,29H,10,19-23H2,1-3H3,(H,32,35)/t29-/m1/s1. The highest BCUT2D eigenvalue weighted by atomic mass is 16.5. The molecule has 0 saturated carbocycles. The number of nitrogens with zero attached hydrogens (tertiary/aromatic N) is 1. The summed E-state index contributed by atoms with van der Waals surface area (Å²) in [5, 5.41) is 3.02. The van der Waals surface area contributed by atoms with E-state index in [9.17, 15) is 9.59 Å². The summed E-state index contributed by atoms with van der Waals surface area (Å²) < 4.78 is 16.7. The van der Waals surface area contributed by atoms with Crippen LogP contribution in [-0.2, 0) is 27.3 Å². The molecule has 0 spiro atoms. The molecule has 7 nitrogen and oxygen atoms in total. The van der Waals surface area contributed by atoms with Crippen LogP contribution in [0.5, 0.6) is 11.5 Å². The van der Waals surface area contributed by atoms with Gasteiger partial charge in [-0.1, -0.05) is 60.7 Å². The fourth-order valence-electron chi connectivity index (χ4n) is 3.95. The highest BCUT2D eigenvalue weighted by Gasteiger charge is 2.30. The number of benzene rings is 3. The number of nitrogens with one attached hydrogen (secondary N) is 1. The quantitative estimate of drug-likeness (QED) is 0.297. The van der Waals surface area contributed by atoms with Crippen molar-refractivity contribution in [1.29, 1.82) is 0 Å². The zero-order valence-corrected chi connectivity index (χ0v) is 22.5. The normalized spacial score (nSPS) is 11.6. The van der Waals surface area contributed by atoms with Gasteiger partial charge >= 0.3 is 0 Å². The second-order valence-corrected chi connectivity index (χ2v) is 9.24. The number of carbonyl (C=O) groups is 2. The Hall–Kier alpha value is -3.84. The van der Waals surface area contributed by atoms with Crippen molar-refractivity contribution < 1.29 is 23.8 Å². The first kappa shape index (κ1) is 28.7. The van der Waals surface area contributed by atoms with E-state index >= 15 is 0 Å². The molecule has 0 aliphatic rings. The highest BCUT2D eigenvalue weighted by molar-refractivity contribution is 5.88.